The minimum Gasteiger partial charge on any atom is -0.489 e. The van der Waals surface area contributed by atoms with Crippen LogP contribution in [0.4, 0.5) is 5.69 Å². The van der Waals surface area contributed by atoms with Crippen molar-refractivity contribution in [2.24, 2.45) is 0 Å². The first-order valence-corrected chi connectivity index (χ1v) is 9.86. The molecule has 27 heavy (non-hydrogen) atoms. The van der Waals surface area contributed by atoms with Gasteiger partial charge in [0.25, 0.3) is 0 Å². The second-order valence-corrected chi connectivity index (χ2v) is 7.85. The topological polar surface area (TPSA) is 38.3 Å². The number of carbonyl (C=O) groups excluding carboxylic acids is 1. The average Bonchev–Trinajstić information content (AvgIpc) is 2.70. The van der Waals surface area contributed by atoms with E-state index in [-0.39, 0.29) is 11.2 Å². The molecule has 0 bridgehead atoms. The lowest BCUT2D eigenvalue weighted by atomic mass is 10.2. The molecule has 1 amide bonds. The standard InChI is InChI=1S/C22H20ClNO2S/c1-16(27-21-13-7-18(23)8-14-21)22(25)24-19-9-11-20(12-10-19)26-15-17-5-3-2-4-6-17/h2-14,16H,15H2,1H3,(H,24,25). The summed E-state index contributed by atoms with van der Waals surface area (Å²) in [5.74, 6) is 0.716. The molecule has 0 spiro atoms. The highest BCUT2D eigenvalue weighted by Gasteiger charge is 2.14. The van der Waals surface area contributed by atoms with Crippen molar-refractivity contribution in [3.63, 3.8) is 0 Å². The molecule has 0 heterocycles. The Morgan fingerprint density at radius 1 is 1.00 bits per heavy atom. The molecule has 0 aliphatic heterocycles. The van der Waals surface area contributed by atoms with Gasteiger partial charge in [0, 0.05) is 15.6 Å². The fraction of sp³-hybridized carbons (Fsp3) is 0.136. The molecule has 3 nitrogen and oxygen atoms in total. The normalized spacial score (nSPS) is 11.6. The number of hydrogen-bond acceptors (Lipinski definition) is 3. The average molecular weight is 398 g/mol. The molecule has 5 heteroatoms. The summed E-state index contributed by atoms with van der Waals surface area (Å²) in [7, 11) is 0. The number of carbonyl (C=O) groups is 1. The number of halogens is 1. The van der Waals surface area contributed by atoms with Gasteiger partial charge in [0.2, 0.25) is 5.91 Å². The lowest BCUT2D eigenvalue weighted by molar-refractivity contribution is -0.115. The van der Waals surface area contributed by atoms with Crippen molar-refractivity contribution in [1.82, 2.24) is 0 Å². The van der Waals surface area contributed by atoms with Crippen LogP contribution in [0.5, 0.6) is 5.75 Å². The third-order valence-corrected chi connectivity index (χ3v) is 5.23. The summed E-state index contributed by atoms with van der Waals surface area (Å²) in [5, 5.41) is 3.40. The third kappa shape index (κ3) is 6.05. The summed E-state index contributed by atoms with van der Waals surface area (Å²) in [6.45, 7) is 2.40. The molecule has 1 atom stereocenters. The quantitative estimate of drug-likeness (QED) is 0.494. The molecular formula is C22H20ClNO2S. The molecule has 0 aliphatic rings. The fourth-order valence-electron chi connectivity index (χ4n) is 2.39. The monoisotopic (exact) mass is 397 g/mol. The Balaban J connectivity index is 1.51. The van der Waals surface area contributed by atoms with Gasteiger partial charge in [0.1, 0.15) is 12.4 Å². The van der Waals surface area contributed by atoms with E-state index >= 15 is 0 Å². The highest BCUT2D eigenvalue weighted by molar-refractivity contribution is 8.00. The van der Waals surface area contributed by atoms with Crippen molar-refractivity contribution >= 4 is 35.0 Å². The predicted molar refractivity (Wildman–Crippen MR) is 113 cm³/mol. The molecule has 3 aromatic carbocycles. The number of anilines is 1. The maximum absolute atomic E-state index is 12.4. The van der Waals surface area contributed by atoms with Gasteiger partial charge in [-0.05, 0) is 61.0 Å². The summed E-state index contributed by atoms with van der Waals surface area (Å²) in [5.41, 5.74) is 1.86. The Kier molecular flexibility index (Phi) is 6.80. The van der Waals surface area contributed by atoms with Gasteiger partial charge in [-0.3, -0.25) is 4.79 Å². The highest BCUT2D eigenvalue weighted by Crippen LogP contribution is 2.26. The summed E-state index contributed by atoms with van der Waals surface area (Å²) in [4.78, 5) is 13.4. The van der Waals surface area contributed by atoms with Crippen molar-refractivity contribution in [2.75, 3.05) is 5.32 Å². The van der Waals surface area contributed by atoms with Crippen LogP contribution in [0.2, 0.25) is 5.02 Å². The zero-order valence-electron chi connectivity index (χ0n) is 14.9. The number of ether oxygens (including phenoxy) is 1. The third-order valence-electron chi connectivity index (χ3n) is 3.87. The summed E-state index contributed by atoms with van der Waals surface area (Å²) >= 11 is 7.38. The van der Waals surface area contributed by atoms with Crippen LogP contribution in [0.1, 0.15) is 12.5 Å². The van der Waals surface area contributed by atoms with Crippen LogP contribution in [0.3, 0.4) is 0 Å². The first-order chi connectivity index (χ1) is 13.1. The van der Waals surface area contributed by atoms with Gasteiger partial charge < -0.3 is 10.1 Å². The first-order valence-electron chi connectivity index (χ1n) is 8.60. The summed E-state index contributed by atoms with van der Waals surface area (Å²) in [6, 6.07) is 24.9. The van der Waals surface area contributed by atoms with Crippen molar-refractivity contribution in [3.05, 3.63) is 89.4 Å². The van der Waals surface area contributed by atoms with Crippen LogP contribution in [-0.4, -0.2) is 11.2 Å². The SMILES string of the molecule is CC(Sc1ccc(Cl)cc1)C(=O)Nc1ccc(OCc2ccccc2)cc1. The van der Waals surface area contributed by atoms with E-state index in [0.717, 1.165) is 21.9 Å². The molecule has 138 valence electrons. The number of rotatable bonds is 7. The van der Waals surface area contributed by atoms with Crippen LogP contribution in [0.15, 0.2) is 83.8 Å². The number of hydrogen-bond donors (Lipinski definition) is 1. The van der Waals surface area contributed by atoms with E-state index in [2.05, 4.69) is 5.32 Å². The Morgan fingerprint density at radius 2 is 1.67 bits per heavy atom. The van der Waals surface area contributed by atoms with Crippen molar-refractivity contribution in [2.45, 2.75) is 23.7 Å². The predicted octanol–water partition coefficient (Wildman–Crippen LogP) is 6.04. The van der Waals surface area contributed by atoms with Gasteiger partial charge in [-0.25, -0.2) is 0 Å². The van der Waals surface area contributed by atoms with E-state index < -0.39 is 0 Å². The van der Waals surface area contributed by atoms with Crippen molar-refractivity contribution < 1.29 is 9.53 Å². The lowest BCUT2D eigenvalue weighted by Crippen LogP contribution is -2.22. The van der Waals surface area contributed by atoms with Gasteiger partial charge in [0.05, 0.1) is 5.25 Å². The molecule has 0 saturated heterocycles. The zero-order chi connectivity index (χ0) is 19.1. The molecule has 0 saturated carbocycles. The van der Waals surface area contributed by atoms with E-state index in [4.69, 9.17) is 16.3 Å². The van der Waals surface area contributed by atoms with Crippen LogP contribution in [0, 0.1) is 0 Å². The minimum atomic E-state index is -0.222. The molecule has 0 fully saturated rings. The Labute approximate surface area is 168 Å². The second-order valence-electron chi connectivity index (χ2n) is 6.00. The van der Waals surface area contributed by atoms with E-state index in [1.807, 2.05) is 85.8 Å². The number of nitrogens with one attached hydrogen (secondary N) is 1. The molecule has 3 aromatic rings. The minimum absolute atomic E-state index is 0.0482. The first kappa shape index (κ1) is 19.3. The molecule has 1 N–H and O–H groups in total. The van der Waals surface area contributed by atoms with Gasteiger partial charge >= 0.3 is 0 Å². The van der Waals surface area contributed by atoms with Crippen molar-refractivity contribution in [3.8, 4) is 5.75 Å². The molecule has 3 rings (SSSR count). The smallest absolute Gasteiger partial charge is 0.237 e. The number of amides is 1. The Morgan fingerprint density at radius 3 is 2.33 bits per heavy atom. The van der Waals surface area contributed by atoms with Gasteiger partial charge in [-0.1, -0.05) is 41.9 Å². The maximum Gasteiger partial charge on any atom is 0.237 e. The number of benzene rings is 3. The molecule has 1 unspecified atom stereocenters. The van der Waals surface area contributed by atoms with E-state index in [1.54, 1.807) is 0 Å². The summed E-state index contributed by atoms with van der Waals surface area (Å²) < 4.78 is 5.76. The zero-order valence-corrected chi connectivity index (χ0v) is 16.5. The van der Waals surface area contributed by atoms with Crippen molar-refractivity contribution in [1.29, 1.82) is 0 Å². The van der Waals surface area contributed by atoms with Gasteiger partial charge in [0.15, 0.2) is 0 Å². The van der Waals surface area contributed by atoms with Crippen LogP contribution in [-0.2, 0) is 11.4 Å². The highest BCUT2D eigenvalue weighted by atomic mass is 35.5. The van der Waals surface area contributed by atoms with E-state index in [1.165, 1.54) is 11.8 Å². The second kappa shape index (κ2) is 9.49. The van der Waals surface area contributed by atoms with Crippen LogP contribution < -0.4 is 10.1 Å². The fourth-order valence-corrected chi connectivity index (χ4v) is 3.38. The molecule has 0 aliphatic carbocycles. The Bertz CT molecular complexity index is 867. The largest absolute Gasteiger partial charge is 0.489 e. The molecular weight excluding hydrogens is 378 g/mol. The lowest BCUT2D eigenvalue weighted by Gasteiger charge is -2.13. The van der Waals surface area contributed by atoms with Gasteiger partial charge in [-0.15, -0.1) is 11.8 Å². The van der Waals surface area contributed by atoms with Gasteiger partial charge in [-0.2, -0.15) is 0 Å². The maximum atomic E-state index is 12.4. The number of thioether (sulfide) groups is 1. The Hall–Kier alpha value is -2.43. The van der Waals surface area contributed by atoms with E-state index in [9.17, 15) is 4.79 Å². The van der Waals surface area contributed by atoms with Crippen LogP contribution in [0.25, 0.3) is 0 Å². The summed E-state index contributed by atoms with van der Waals surface area (Å²) in [6.07, 6.45) is 0. The van der Waals surface area contributed by atoms with Crippen LogP contribution >= 0.6 is 23.4 Å². The molecule has 0 aromatic heterocycles. The van der Waals surface area contributed by atoms with E-state index in [0.29, 0.717) is 11.6 Å². The molecule has 0 radical (unpaired) electrons.